The van der Waals surface area contributed by atoms with Crippen molar-refractivity contribution in [1.29, 1.82) is 0 Å². The molecule has 3 unspecified atom stereocenters. The summed E-state index contributed by atoms with van der Waals surface area (Å²) < 4.78 is 10.7. The SMILES string of the molecule is OC1CNC(c2nc(CC3CCCO3)no2)C1. The molecule has 3 heterocycles. The topological polar surface area (TPSA) is 80.4 Å². The van der Waals surface area contributed by atoms with Gasteiger partial charge in [-0.15, -0.1) is 0 Å². The lowest BCUT2D eigenvalue weighted by atomic mass is 10.2. The quantitative estimate of drug-likeness (QED) is 0.783. The van der Waals surface area contributed by atoms with E-state index in [-0.39, 0.29) is 18.2 Å². The maximum atomic E-state index is 9.43. The first-order valence-corrected chi connectivity index (χ1v) is 6.17. The largest absolute Gasteiger partial charge is 0.392 e. The van der Waals surface area contributed by atoms with Crippen LogP contribution >= 0.6 is 0 Å². The van der Waals surface area contributed by atoms with Gasteiger partial charge in [0, 0.05) is 19.6 Å². The molecule has 0 saturated carbocycles. The maximum absolute atomic E-state index is 9.43. The summed E-state index contributed by atoms with van der Waals surface area (Å²) in [5.41, 5.74) is 0. The zero-order chi connectivity index (χ0) is 11.7. The van der Waals surface area contributed by atoms with Gasteiger partial charge in [-0.1, -0.05) is 5.16 Å². The second kappa shape index (κ2) is 4.72. The molecular formula is C11H17N3O3. The molecule has 3 atom stereocenters. The van der Waals surface area contributed by atoms with E-state index in [4.69, 9.17) is 9.26 Å². The average Bonchev–Trinajstić information content (AvgIpc) is 2.99. The molecule has 94 valence electrons. The molecule has 0 aromatic carbocycles. The number of aliphatic hydroxyl groups is 1. The first kappa shape index (κ1) is 11.1. The van der Waals surface area contributed by atoms with Crippen LogP contribution in [0.4, 0.5) is 0 Å². The zero-order valence-corrected chi connectivity index (χ0v) is 9.63. The highest BCUT2D eigenvalue weighted by atomic mass is 16.5. The number of rotatable bonds is 3. The Balaban J connectivity index is 1.61. The van der Waals surface area contributed by atoms with Crippen molar-refractivity contribution >= 4 is 0 Å². The van der Waals surface area contributed by atoms with Crippen LogP contribution < -0.4 is 5.32 Å². The average molecular weight is 239 g/mol. The predicted molar refractivity (Wildman–Crippen MR) is 58.3 cm³/mol. The second-order valence-corrected chi connectivity index (χ2v) is 4.74. The molecule has 1 aromatic heterocycles. The number of hydrogen-bond acceptors (Lipinski definition) is 6. The third kappa shape index (κ3) is 2.48. The Labute approximate surface area is 99.3 Å². The molecule has 0 bridgehead atoms. The van der Waals surface area contributed by atoms with E-state index in [2.05, 4.69) is 15.5 Å². The Hall–Kier alpha value is -0.980. The predicted octanol–water partition coefficient (Wildman–Crippen LogP) is 0.186. The van der Waals surface area contributed by atoms with Crippen LogP contribution in [0.2, 0.25) is 0 Å². The lowest BCUT2D eigenvalue weighted by Gasteiger charge is -2.04. The second-order valence-electron chi connectivity index (χ2n) is 4.74. The van der Waals surface area contributed by atoms with Gasteiger partial charge < -0.3 is 19.7 Å². The standard InChI is InChI=1S/C11H17N3O3/c15-7-4-9(12-6-7)11-13-10(14-17-11)5-8-2-1-3-16-8/h7-9,12,15H,1-6H2. The van der Waals surface area contributed by atoms with E-state index in [1.54, 1.807) is 0 Å². The van der Waals surface area contributed by atoms with E-state index in [1.165, 1.54) is 0 Å². The van der Waals surface area contributed by atoms with Gasteiger partial charge in [-0.2, -0.15) is 4.98 Å². The summed E-state index contributed by atoms with van der Waals surface area (Å²) in [6.45, 7) is 1.43. The van der Waals surface area contributed by atoms with Crippen LogP contribution in [-0.4, -0.2) is 40.6 Å². The van der Waals surface area contributed by atoms with Gasteiger partial charge in [0.15, 0.2) is 5.82 Å². The Kier molecular flexibility index (Phi) is 3.09. The fourth-order valence-corrected chi connectivity index (χ4v) is 2.41. The number of ether oxygens (including phenoxy) is 1. The van der Waals surface area contributed by atoms with Crippen molar-refractivity contribution in [3.8, 4) is 0 Å². The molecule has 1 aromatic rings. The minimum atomic E-state index is -0.312. The normalized spacial score (nSPS) is 33.4. The minimum absolute atomic E-state index is 0.00394. The van der Waals surface area contributed by atoms with Crippen LogP contribution in [0.25, 0.3) is 0 Å². The third-order valence-electron chi connectivity index (χ3n) is 3.32. The highest BCUT2D eigenvalue weighted by molar-refractivity contribution is 4.98. The first-order chi connectivity index (χ1) is 8.31. The van der Waals surface area contributed by atoms with Crippen molar-refractivity contribution in [3.63, 3.8) is 0 Å². The van der Waals surface area contributed by atoms with Crippen LogP contribution in [0, 0.1) is 0 Å². The van der Waals surface area contributed by atoms with Crippen LogP contribution in [0.3, 0.4) is 0 Å². The molecule has 0 spiro atoms. The Morgan fingerprint density at radius 2 is 2.41 bits per heavy atom. The summed E-state index contributed by atoms with van der Waals surface area (Å²) in [6, 6.07) is -0.00394. The molecule has 2 fully saturated rings. The summed E-state index contributed by atoms with van der Waals surface area (Å²) in [5, 5.41) is 16.5. The van der Waals surface area contributed by atoms with Gasteiger partial charge in [-0.05, 0) is 19.3 Å². The van der Waals surface area contributed by atoms with E-state index < -0.39 is 0 Å². The number of aromatic nitrogens is 2. The molecular weight excluding hydrogens is 222 g/mol. The van der Waals surface area contributed by atoms with Crippen LogP contribution in [0.5, 0.6) is 0 Å². The molecule has 6 nitrogen and oxygen atoms in total. The summed E-state index contributed by atoms with van der Waals surface area (Å²) in [7, 11) is 0. The number of aliphatic hydroxyl groups excluding tert-OH is 1. The lowest BCUT2D eigenvalue weighted by Crippen LogP contribution is -2.15. The highest BCUT2D eigenvalue weighted by Crippen LogP contribution is 2.22. The van der Waals surface area contributed by atoms with Crippen molar-refractivity contribution in [2.75, 3.05) is 13.2 Å². The molecule has 2 saturated heterocycles. The van der Waals surface area contributed by atoms with Crippen molar-refractivity contribution in [2.24, 2.45) is 0 Å². The number of nitrogens with zero attached hydrogens (tertiary/aromatic N) is 2. The van der Waals surface area contributed by atoms with Crippen LogP contribution in [0.1, 0.15) is 37.0 Å². The van der Waals surface area contributed by atoms with Gasteiger partial charge in [-0.3, -0.25) is 0 Å². The van der Waals surface area contributed by atoms with E-state index in [9.17, 15) is 5.11 Å². The molecule has 2 aliphatic heterocycles. The zero-order valence-electron chi connectivity index (χ0n) is 9.63. The van der Waals surface area contributed by atoms with Crippen molar-refractivity contribution in [1.82, 2.24) is 15.5 Å². The van der Waals surface area contributed by atoms with Crippen LogP contribution in [0.15, 0.2) is 4.52 Å². The fraction of sp³-hybridized carbons (Fsp3) is 0.818. The molecule has 2 aliphatic rings. The summed E-state index contributed by atoms with van der Waals surface area (Å²) in [4.78, 5) is 4.36. The van der Waals surface area contributed by atoms with Crippen molar-refractivity contribution in [2.45, 2.75) is 43.9 Å². The summed E-state index contributed by atoms with van der Waals surface area (Å²) in [6.07, 6.45) is 3.48. The van der Waals surface area contributed by atoms with Crippen molar-refractivity contribution < 1.29 is 14.4 Å². The Bertz CT molecular complexity index is 376. The number of β-amino-alcohol motifs (C(OH)–C–C–N with tert-alkyl or cyclic N) is 1. The minimum Gasteiger partial charge on any atom is -0.392 e. The summed E-state index contributed by atoms with van der Waals surface area (Å²) >= 11 is 0. The Morgan fingerprint density at radius 3 is 3.12 bits per heavy atom. The van der Waals surface area contributed by atoms with Gasteiger partial charge in [-0.25, -0.2) is 0 Å². The van der Waals surface area contributed by atoms with Gasteiger partial charge in [0.2, 0.25) is 5.89 Å². The maximum Gasteiger partial charge on any atom is 0.243 e. The first-order valence-electron chi connectivity index (χ1n) is 6.17. The molecule has 6 heteroatoms. The van der Waals surface area contributed by atoms with Gasteiger partial charge in [0.05, 0.1) is 18.2 Å². The van der Waals surface area contributed by atoms with Crippen LogP contribution in [-0.2, 0) is 11.2 Å². The molecule has 0 radical (unpaired) electrons. The van der Waals surface area contributed by atoms with E-state index in [0.29, 0.717) is 24.7 Å². The lowest BCUT2D eigenvalue weighted by molar-refractivity contribution is 0.109. The fourth-order valence-electron chi connectivity index (χ4n) is 2.41. The molecule has 17 heavy (non-hydrogen) atoms. The molecule has 0 aliphatic carbocycles. The van der Waals surface area contributed by atoms with Crippen molar-refractivity contribution in [3.05, 3.63) is 11.7 Å². The Morgan fingerprint density at radius 1 is 1.47 bits per heavy atom. The van der Waals surface area contributed by atoms with Gasteiger partial charge in [0.25, 0.3) is 0 Å². The molecule has 2 N–H and O–H groups in total. The number of nitrogens with one attached hydrogen (secondary N) is 1. The molecule has 0 amide bonds. The monoisotopic (exact) mass is 239 g/mol. The highest BCUT2D eigenvalue weighted by Gasteiger charge is 2.28. The third-order valence-corrected chi connectivity index (χ3v) is 3.32. The number of hydrogen-bond donors (Lipinski definition) is 2. The van der Waals surface area contributed by atoms with E-state index in [1.807, 2.05) is 0 Å². The smallest absolute Gasteiger partial charge is 0.243 e. The molecule has 3 rings (SSSR count). The van der Waals surface area contributed by atoms with E-state index >= 15 is 0 Å². The van der Waals surface area contributed by atoms with E-state index in [0.717, 1.165) is 25.9 Å². The van der Waals surface area contributed by atoms with Gasteiger partial charge in [0.1, 0.15) is 0 Å². The van der Waals surface area contributed by atoms with Gasteiger partial charge >= 0.3 is 0 Å². The summed E-state index contributed by atoms with van der Waals surface area (Å²) in [5.74, 6) is 1.28.